The van der Waals surface area contributed by atoms with Crippen molar-refractivity contribution in [2.45, 2.75) is 49.1 Å². The van der Waals surface area contributed by atoms with E-state index in [9.17, 15) is 14.5 Å². The predicted molar refractivity (Wildman–Crippen MR) is 149 cm³/mol. The first-order valence-electron chi connectivity index (χ1n) is 13.3. The molecule has 0 amide bonds. The summed E-state index contributed by atoms with van der Waals surface area (Å²) in [6, 6.07) is 0. The van der Waals surface area contributed by atoms with Gasteiger partial charge >= 0.3 is 8.25 Å². The molecule has 0 radical (unpaired) electrons. The van der Waals surface area contributed by atoms with Crippen molar-refractivity contribution in [1.29, 1.82) is 0 Å². The highest BCUT2D eigenvalue weighted by molar-refractivity contribution is 7.33. The van der Waals surface area contributed by atoms with Gasteiger partial charge in [-0.15, -0.1) is 0 Å². The number of H-pyrrole nitrogens is 1. The van der Waals surface area contributed by atoms with Gasteiger partial charge in [-0.2, -0.15) is 4.98 Å². The summed E-state index contributed by atoms with van der Waals surface area (Å²) in [4.78, 5) is 35.3. The van der Waals surface area contributed by atoms with Gasteiger partial charge in [-0.25, -0.2) is 19.9 Å². The predicted octanol–water partition coefficient (Wildman–Crippen LogP) is -1.25. The number of anilines is 2. The van der Waals surface area contributed by atoms with E-state index in [0.717, 1.165) is 0 Å². The Morgan fingerprint density at radius 2 is 1.61 bits per heavy atom. The number of nitrogens with two attached hydrogens (primary N) is 2. The number of methoxy groups -OCH3 is 3. The second-order valence-corrected chi connectivity index (χ2v) is 11.0. The summed E-state index contributed by atoms with van der Waals surface area (Å²) in [6.45, 7) is -0.216. The van der Waals surface area contributed by atoms with E-state index in [4.69, 9.17) is 44.2 Å². The molecule has 20 nitrogen and oxygen atoms in total. The first-order valence-corrected chi connectivity index (χ1v) is 14.5. The molecule has 2 aliphatic rings. The number of aromatic amines is 1. The van der Waals surface area contributed by atoms with Crippen LogP contribution in [0.2, 0.25) is 0 Å². The van der Waals surface area contributed by atoms with Gasteiger partial charge in [0, 0.05) is 21.3 Å². The summed E-state index contributed by atoms with van der Waals surface area (Å²) in [7, 11) is 1.14. The lowest BCUT2D eigenvalue weighted by molar-refractivity contribution is -0.0601. The van der Waals surface area contributed by atoms with E-state index in [2.05, 4.69) is 29.9 Å². The van der Waals surface area contributed by atoms with E-state index in [1.54, 1.807) is 0 Å². The molecular weight excluding hydrogens is 607 g/mol. The van der Waals surface area contributed by atoms with Crippen molar-refractivity contribution in [3.8, 4) is 0 Å². The van der Waals surface area contributed by atoms with Gasteiger partial charge in [0.15, 0.2) is 35.1 Å². The second kappa shape index (κ2) is 12.4. The quantitative estimate of drug-likeness (QED) is 0.140. The number of fused-ring (bicyclic) bond motifs is 2. The molecule has 0 spiro atoms. The standard InChI is InChI=1S/C23H31N10O10P/c1-37-4-9-14(13(34)21(41-9)32-7-28-11-17(24)26-6-27-18(11)32)43-44(36)40-5-10-15(38-2)16(39-3)22(42-10)33-8-29-12-19(33)30-23(25)31-20(12)35/h6-10,13-16,21-22,34,44H,4-5H2,1-3H3,(H2,24,26,27)(H3,25,30,31,35)/t9-,10-,13-,14-,15-,16-,21-,22-/m1/s1. The molecule has 0 aromatic carbocycles. The normalized spacial score (nSPS) is 29.6. The van der Waals surface area contributed by atoms with Crippen molar-refractivity contribution in [3.63, 3.8) is 0 Å². The maximum absolute atomic E-state index is 13.1. The molecule has 21 heteroatoms. The van der Waals surface area contributed by atoms with Crippen molar-refractivity contribution in [2.24, 2.45) is 0 Å². The van der Waals surface area contributed by atoms with Crippen LogP contribution >= 0.6 is 8.25 Å². The number of nitrogens with zero attached hydrogens (tertiary/aromatic N) is 7. The molecule has 2 fully saturated rings. The van der Waals surface area contributed by atoms with Crippen molar-refractivity contribution in [1.82, 2.24) is 39.0 Å². The minimum Gasteiger partial charge on any atom is -0.386 e. The van der Waals surface area contributed by atoms with E-state index in [1.165, 1.54) is 49.4 Å². The van der Waals surface area contributed by atoms with Crippen molar-refractivity contribution < 1.29 is 42.4 Å². The highest BCUT2D eigenvalue weighted by atomic mass is 31.1. The van der Waals surface area contributed by atoms with Gasteiger partial charge in [-0.3, -0.25) is 23.5 Å². The fraction of sp³-hybridized carbons (Fsp3) is 0.565. The topological polar surface area (TPSA) is 261 Å². The van der Waals surface area contributed by atoms with Crippen LogP contribution in [0.5, 0.6) is 0 Å². The average molecular weight is 639 g/mol. The number of hydrogen-bond acceptors (Lipinski definition) is 17. The van der Waals surface area contributed by atoms with Crippen molar-refractivity contribution in [3.05, 3.63) is 29.3 Å². The Hall–Kier alpha value is -3.59. The largest absolute Gasteiger partial charge is 0.386 e. The first-order chi connectivity index (χ1) is 21.2. The Morgan fingerprint density at radius 3 is 2.34 bits per heavy atom. The van der Waals surface area contributed by atoms with E-state index < -0.39 is 62.9 Å². The summed E-state index contributed by atoms with van der Waals surface area (Å²) >= 11 is 0. The molecule has 0 aliphatic carbocycles. The van der Waals surface area contributed by atoms with E-state index in [0.29, 0.717) is 11.2 Å². The van der Waals surface area contributed by atoms with E-state index in [1.807, 2.05) is 0 Å². The zero-order valence-corrected chi connectivity index (χ0v) is 24.7. The molecule has 6 rings (SSSR count). The minimum absolute atomic E-state index is 0.0199. The Labute approximate surface area is 248 Å². The van der Waals surface area contributed by atoms with Gasteiger partial charge in [-0.05, 0) is 0 Å². The smallest absolute Gasteiger partial charge is 0.319 e. The number of aliphatic hydroxyl groups excluding tert-OH is 1. The molecular formula is C23H31N10O10P. The number of nitrogens with one attached hydrogen (secondary N) is 1. The SMILES string of the molecule is COC[C@H]1O[C@@H](n2cnc3c(N)ncnc32)[C@H](O)[C@@H]1O[PH](=O)OC[C@H]1O[C@@H](n2cnc3c(=O)[nH]c(N)nc32)[C@H](OC)[C@@H]1OC. The number of rotatable bonds is 11. The van der Waals surface area contributed by atoms with Gasteiger partial charge in [0.05, 0.1) is 25.9 Å². The van der Waals surface area contributed by atoms with Crippen LogP contribution in [0.25, 0.3) is 22.3 Å². The third kappa shape index (κ3) is 5.33. The van der Waals surface area contributed by atoms with Gasteiger partial charge in [0.25, 0.3) is 5.56 Å². The van der Waals surface area contributed by atoms with E-state index in [-0.39, 0.29) is 36.1 Å². The molecule has 1 unspecified atom stereocenters. The Morgan fingerprint density at radius 1 is 0.932 bits per heavy atom. The third-order valence-corrected chi connectivity index (χ3v) is 8.32. The molecule has 2 aliphatic heterocycles. The van der Waals surface area contributed by atoms with Gasteiger partial charge < -0.3 is 49.3 Å². The summed E-state index contributed by atoms with van der Waals surface area (Å²) < 4.78 is 56.0. The molecule has 6 heterocycles. The fourth-order valence-electron chi connectivity index (χ4n) is 5.48. The molecule has 4 aromatic heterocycles. The van der Waals surface area contributed by atoms with Crippen LogP contribution in [0, 0.1) is 0 Å². The van der Waals surface area contributed by atoms with Gasteiger partial charge in [-0.1, -0.05) is 0 Å². The van der Waals surface area contributed by atoms with Crippen LogP contribution < -0.4 is 17.0 Å². The number of aliphatic hydroxyl groups is 1. The molecule has 9 atom stereocenters. The summed E-state index contributed by atoms with van der Waals surface area (Å²) in [5.74, 6) is 0.0681. The minimum atomic E-state index is -3.24. The van der Waals surface area contributed by atoms with Crippen LogP contribution in [0.1, 0.15) is 12.5 Å². The van der Waals surface area contributed by atoms with Crippen LogP contribution in [0.15, 0.2) is 23.8 Å². The Balaban J connectivity index is 1.15. The van der Waals surface area contributed by atoms with Crippen LogP contribution in [-0.2, 0) is 37.3 Å². The molecule has 238 valence electrons. The zero-order valence-electron chi connectivity index (χ0n) is 23.7. The lowest BCUT2D eigenvalue weighted by Gasteiger charge is -2.22. The zero-order chi connectivity index (χ0) is 31.1. The second-order valence-electron chi connectivity index (χ2n) is 9.98. The highest BCUT2D eigenvalue weighted by Crippen LogP contribution is 2.41. The summed E-state index contributed by atoms with van der Waals surface area (Å²) in [6.07, 6.45) is -3.21. The number of nitrogen functional groups attached to an aromatic ring is 2. The average Bonchev–Trinajstić information content (AvgIpc) is 3.76. The maximum atomic E-state index is 13.1. The first kappa shape index (κ1) is 30.4. The number of hydrogen-bond donors (Lipinski definition) is 4. The molecule has 44 heavy (non-hydrogen) atoms. The Bertz CT molecular complexity index is 1720. The highest BCUT2D eigenvalue weighted by Gasteiger charge is 2.49. The molecule has 4 aromatic rings. The monoisotopic (exact) mass is 638 g/mol. The summed E-state index contributed by atoms with van der Waals surface area (Å²) in [5.41, 5.74) is 12.0. The van der Waals surface area contributed by atoms with Crippen LogP contribution in [-0.4, -0.2) is 115 Å². The fourth-order valence-corrected chi connectivity index (χ4v) is 6.36. The Kier molecular flexibility index (Phi) is 8.59. The molecule has 6 N–H and O–H groups in total. The van der Waals surface area contributed by atoms with Crippen LogP contribution in [0.4, 0.5) is 11.8 Å². The lowest BCUT2D eigenvalue weighted by atomic mass is 10.1. The number of aromatic nitrogens is 8. The maximum Gasteiger partial charge on any atom is 0.319 e. The van der Waals surface area contributed by atoms with Gasteiger partial charge in [0.2, 0.25) is 5.95 Å². The lowest BCUT2D eigenvalue weighted by Crippen LogP contribution is -2.37. The van der Waals surface area contributed by atoms with Crippen molar-refractivity contribution in [2.75, 3.05) is 46.0 Å². The third-order valence-electron chi connectivity index (χ3n) is 7.45. The molecule has 0 saturated carbocycles. The van der Waals surface area contributed by atoms with E-state index >= 15 is 0 Å². The van der Waals surface area contributed by atoms with Crippen molar-refractivity contribution >= 4 is 42.3 Å². The summed E-state index contributed by atoms with van der Waals surface area (Å²) in [5, 5.41) is 11.2. The number of ether oxygens (including phenoxy) is 5. The van der Waals surface area contributed by atoms with Crippen LogP contribution in [0.3, 0.4) is 0 Å². The molecule has 2 saturated heterocycles. The number of imidazole rings is 2. The van der Waals surface area contributed by atoms with Gasteiger partial charge in [0.1, 0.15) is 48.5 Å². The molecule has 0 bridgehead atoms.